The quantitative estimate of drug-likeness (QED) is 0.532. The molecule has 0 unspecified atom stereocenters. The van der Waals surface area contributed by atoms with Gasteiger partial charge < -0.3 is 13.9 Å². The van der Waals surface area contributed by atoms with Crippen LogP contribution in [-0.4, -0.2) is 34.8 Å². The second-order valence-electron chi connectivity index (χ2n) is 4.67. The summed E-state index contributed by atoms with van der Waals surface area (Å²) >= 11 is 5.14. The van der Waals surface area contributed by atoms with E-state index < -0.39 is 6.61 Å². The first-order chi connectivity index (χ1) is 12.1. The maximum atomic E-state index is 12.4. The van der Waals surface area contributed by atoms with Crippen molar-refractivity contribution < 1.29 is 22.7 Å². The van der Waals surface area contributed by atoms with E-state index in [1.54, 1.807) is 18.2 Å². The molecular weight excluding hydrogens is 354 g/mol. The molecule has 0 fully saturated rings. The largest absolute Gasteiger partial charge is 0.493 e. The topological polar surface area (TPSA) is 77.6 Å². The Balaban J connectivity index is 1.91. The number of nitrogens with one attached hydrogen (secondary N) is 1. The highest BCUT2D eigenvalue weighted by Gasteiger charge is 2.12. The molecular formula is C15H12F2N4O3S. The minimum absolute atomic E-state index is 0.0640. The first-order valence-electron chi connectivity index (χ1n) is 6.97. The van der Waals surface area contributed by atoms with Crippen molar-refractivity contribution in [3.63, 3.8) is 0 Å². The van der Waals surface area contributed by atoms with Crippen LogP contribution in [0.15, 0.2) is 46.1 Å². The number of ether oxygens (including phenoxy) is 2. The van der Waals surface area contributed by atoms with E-state index in [0.29, 0.717) is 17.1 Å². The van der Waals surface area contributed by atoms with E-state index >= 15 is 0 Å². The van der Waals surface area contributed by atoms with E-state index in [0.717, 1.165) is 0 Å². The van der Waals surface area contributed by atoms with Crippen molar-refractivity contribution in [3.05, 3.63) is 46.9 Å². The summed E-state index contributed by atoms with van der Waals surface area (Å²) in [7, 11) is 1.36. The summed E-state index contributed by atoms with van der Waals surface area (Å²) < 4.78 is 41.1. The molecule has 0 atom stereocenters. The van der Waals surface area contributed by atoms with Crippen molar-refractivity contribution in [2.24, 2.45) is 5.10 Å². The van der Waals surface area contributed by atoms with Crippen LogP contribution in [0.2, 0.25) is 0 Å². The van der Waals surface area contributed by atoms with Gasteiger partial charge in [0.15, 0.2) is 17.3 Å². The smallest absolute Gasteiger partial charge is 0.387 e. The summed E-state index contributed by atoms with van der Waals surface area (Å²) in [5, 5.41) is 10.9. The van der Waals surface area contributed by atoms with Crippen LogP contribution in [0.3, 0.4) is 0 Å². The predicted molar refractivity (Wildman–Crippen MR) is 87.7 cm³/mol. The van der Waals surface area contributed by atoms with Crippen LogP contribution in [0.4, 0.5) is 8.78 Å². The molecule has 10 heteroatoms. The summed E-state index contributed by atoms with van der Waals surface area (Å²) in [4.78, 5) is 0. The molecule has 7 nitrogen and oxygen atoms in total. The van der Waals surface area contributed by atoms with E-state index in [4.69, 9.17) is 21.4 Å². The van der Waals surface area contributed by atoms with Gasteiger partial charge in [0.25, 0.3) is 0 Å². The first-order valence-corrected chi connectivity index (χ1v) is 7.38. The van der Waals surface area contributed by atoms with Crippen molar-refractivity contribution in [1.82, 2.24) is 14.9 Å². The number of halogens is 2. The second kappa shape index (κ2) is 7.26. The number of alkyl halides is 2. The highest BCUT2D eigenvalue weighted by molar-refractivity contribution is 7.71. The van der Waals surface area contributed by atoms with Gasteiger partial charge in [-0.25, -0.2) is 5.10 Å². The van der Waals surface area contributed by atoms with Crippen LogP contribution in [0, 0.1) is 4.77 Å². The van der Waals surface area contributed by atoms with Crippen molar-refractivity contribution in [2.75, 3.05) is 7.11 Å². The van der Waals surface area contributed by atoms with E-state index in [-0.39, 0.29) is 16.3 Å². The highest BCUT2D eigenvalue weighted by Crippen LogP contribution is 2.29. The van der Waals surface area contributed by atoms with Crippen LogP contribution in [0.1, 0.15) is 5.56 Å². The average molecular weight is 366 g/mol. The lowest BCUT2D eigenvalue weighted by molar-refractivity contribution is -0.0512. The maximum Gasteiger partial charge on any atom is 0.387 e. The Labute approximate surface area is 145 Å². The Morgan fingerprint density at radius 1 is 1.36 bits per heavy atom. The summed E-state index contributed by atoms with van der Waals surface area (Å²) in [5.41, 5.74) is 0.590. The van der Waals surface area contributed by atoms with E-state index in [2.05, 4.69) is 20.0 Å². The van der Waals surface area contributed by atoms with Gasteiger partial charge in [-0.1, -0.05) is 0 Å². The SMILES string of the molecule is COc1cc(/C=N\n2c(-c3ccco3)n[nH]c2=S)ccc1OC(F)F. The maximum absolute atomic E-state index is 12.4. The van der Waals surface area contributed by atoms with Crippen LogP contribution in [-0.2, 0) is 0 Å². The monoisotopic (exact) mass is 366 g/mol. The zero-order valence-corrected chi connectivity index (χ0v) is 13.7. The molecule has 1 N–H and O–H groups in total. The predicted octanol–water partition coefficient (Wildman–Crippen LogP) is 3.69. The Morgan fingerprint density at radius 3 is 2.88 bits per heavy atom. The lowest BCUT2D eigenvalue weighted by Crippen LogP contribution is -2.03. The molecule has 0 aliphatic carbocycles. The van der Waals surface area contributed by atoms with Crippen LogP contribution in [0.5, 0.6) is 11.5 Å². The molecule has 3 rings (SSSR count). The molecule has 0 saturated heterocycles. The molecule has 0 radical (unpaired) electrons. The number of aromatic amines is 1. The standard InChI is InChI=1S/C15H12F2N4O3S/c1-22-12-7-9(4-5-10(12)24-14(16)17)8-18-21-13(19-20-15(21)25)11-3-2-6-23-11/h2-8,14H,1H3,(H,20,25)/b18-8-. The minimum atomic E-state index is -2.94. The van der Waals surface area contributed by atoms with Gasteiger partial charge >= 0.3 is 6.61 Å². The van der Waals surface area contributed by atoms with Crippen molar-refractivity contribution >= 4 is 18.4 Å². The number of rotatable bonds is 6. The normalized spacial score (nSPS) is 11.4. The van der Waals surface area contributed by atoms with Crippen LogP contribution in [0.25, 0.3) is 11.6 Å². The number of hydrogen-bond donors (Lipinski definition) is 1. The van der Waals surface area contributed by atoms with E-state index in [1.165, 1.54) is 36.4 Å². The third-order valence-electron chi connectivity index (χ3n) is 3.12. The number of methoxy groups -OCH3 is 1. The molecule has 2 heterocycles. The average Bonchev–Trinajstić information content (AvgIpc) is 3.23. The fourth-order valence-electron chi connectivity index (χ4n) is 2.05. The minimum Gasteiger partial charge on any atom is -0.493 e. The first kappa shape index (κ1) is 16.8. The van der Waals surface area contributed by atoms with Crippen molar-refractivity contribution in [1.29, 1.82) is 0 Å². The molecule has 2 aromatic heterocycles. The van der Waals surface area contributed by atoms with Gasteiger partial charge in [0.2, 0.25) is 10.6 Å². The molecule has 0 amide bonds. The molecule has 130 valence electrons. The Morgan fingerprint density at radius 2 is 2.20 bits per heavy atom. The zero-order chi connectivity index (χ0) is 17.8. The molecule has 0 aliphatic heterocycles. The van der Waals surface area contributed by atoms with E-state index in [1.807, 2.05) is 0 Å². The van der Waals surface area contributed by atoms with Gasteiger partial charge in [-0.05, 0) is 48.1 Å². The third-order valence-corrected chi connectivity index (χ3v) is 3.38. The third kappa shape index (κ3) is 3.74. The highest BCUT2D eigenvalue weighted by atomic mass is 32.1. The van der Waals surface area contributed by atoms with Gasteiger partial charge in [-0.15, -0.1) is 5.10 Å². The van der Waals surface area contributed by atoms with Gasteiger partial charge in [-0.3, -0.25) is 0 Å². The molecule has 3 aromatic rings. The van der Waals surface area contributed by atoms with Gasteiger partial charge in [-0.2, -0.15) is 18.6 Å². The molecule has 0 spiro atoms. The molecule has 0 aliphatic rings. The van der Waals surface area contributed by atoms with Crippen molar-refractivity contribution in [3.8, 4) is 23.1 Å². The number of furan rings is 1. The van der Waals surface area contributed by atoms with Gasteiger partial charge in [0.1, 0.15) is 0 Å². The number of benzene rings is 1. The van der Waals surface area contributed by atoms with Gasteiger partial charge in [0, 0.05) is 0 Å². The fraction of sp³-hybridized carbons (Fsp3) is 0.133. The van der Waals surface area contributed by atoms with Crippen molar-refractivity contribution in [2.45, 2.75) is 6.61 Å². The zero-order valence-electron chi connectivity index (χ0n) is 12.8. The molecule has 0 saturated carbocycles. The molecule has 25 heavy (non-hydrogen) atoms. The number of H-pyrrole nitrogens is 1. The lowest BCUT2D eigenvalue weighted by Gasteiger charge is -2.09. The number of hydrogen-bond acceptors (Lipinski definition) is 6. The van der Waals surface area contributed by atoms with E-state index in [9.17, 15) is 8.78 Å². The Kier molecular flexibility index (Phi) is 4.89. The number of nitrogens with zero attached hydrogens (tertiary/aromatic N) is 3. The Hall–Kier alpha value is -3.01. The summed E-state index contributed by atoms with van der Waals surface area (Å²) in [5.74, 6) is 0.982. The lowest BCUT2D eigenvalue weighted by atomic mass is 10.2. The molecule has 1 aromatic carbocycles. The van der Waals surface area contributed by atoms with Crippen LogP contribution >= 0.6 is 12.2 Å². The summed E-state index contributed by atoms with van der Waals surface area (Å²) in [6.07, 6.45) is 2.99. The van der Waals surface area contributed by atoms with Crippen LogP contribution < -0.4 is 9.47 Å². The second-order valence-corrected chi connectivity index (χ2v) is 5.06. The fourth-order valence-corrected chi connectivity index (χ4v) is 2.23. The Bertz CT molecular complexity index is 935. The summed E-state index contributed by atoms with van der Waals surface area (Å²) in [6, 6.07) is 7.87. The number of aromatic nitrogens is 3. The summed E-state index contributed by atoms with van der Waals surface area (Å²) in [6.45, 7) is -2.94. The van der Waals surface area contributed by atoms with Gasteiger partial charge in [0.05, 0.1) is 19.6 Å². The molecule has 0 bridgehead atoms.